The highest BCUT2D eigenvalue weighted by atomic mass is 16.5. The van der Waals surface area contributed by atoms with Crippen molar-refractivity contribution < 1.29 is 52.6 Å². The maximum Gasteiger partial charge on any atom is 0.260 e. The van der Waals surface area contributed by atoms with E-state index in [0.717, 1.165) is 51.5 Å². The Morgan fingerprint density at radius 2 is 1.17 bits per heavy atom. The second-order valence-electron chi connectivity index (χ2n) is 22.2. The highest BCUT2D eigenvalue weighted by molar-refractivity contribution is 6.14. The minimum Gasteiger partial charge on any atom is -0.493 e. The zero-order valence-electron chi connectivity index (χ0n) is 47.3. The fourth-order valence-corrected chi connectivity index (χ4v) is 11.9. The first-order chi connectivity index (χ1) is 39.4. The summed E-state index contributed by atoms with van der Waals surface area (Å²) >= 11 is 0. The Bertz CT molecular complexity index is 3410. The number of unbranched alkanes of at least 4 members (excludes halogenated alkanes) is 1. The van der Waals surface area contributed by atoms with Gasteiger partial charge in [0.2, 0.25) is 11.8 Å². The number of likely N-dealkylation sites (N-methyl/N-ethyl adjacent to an activating group) is 2. The van der Waals surface area contributed by atoms with Crippen LogP contribution < -0.4 is 44.4 Å². The van der Waals surface area contributed by atoms with Gasteiger partial charge in [-0.1, -0.05) is 43.3 Å². The Hall–Kier alpha value is -8.80. The molecular formula is C64H69N7O11. The number of rotatable bonds is 22. The fraction of sp³-hybridized carbons (Fsp3) is 0.375. The van der Waals surface area contributed by atoms with Crippen molar-refractivity contribution in [3.8, 4) is 17.2 Å². The molecule has 5 aromatic rings. The van der Waals surface area contributed by atoms with Gasteiger partial charge in [0.05, 0.1) is 47.7 Å². The predicted molar refractivity (Wildman–Crippen MR) is 311 cm³/mol. The molecule has 10 rings (SSSR count). The molecule has 0 aliphatic carbocycles. The average molecular weight is 1110 g/mol. The molecule has 4 atom stereocenters. The van der Waals surface area contributed by atoms with E-state index in [1.54, 1.807) is 32.0 Å². The topological polar surface area (TPSA) is 205 Å². The van der Waals surface area contributed by atoms with E-state index in [-0.39, 0.29) is 98.6 Å². The number of fused-ring (bicyclic) bond motifs is 8. The quantitative estimate of drug-likeness (QED) is 0.0498. The molecule has 82 heavy (non-hydrogen) atoms. The number of hydrogen-bond acceptors (Lipinski definition) is 13. The van der Waals surface area contributed by atoms with Gasteiger partial charge in [0.15, 0.2) is 17.3 Å². The minimum absolute atomic E-state index is 0.0147. The zero-order valence-corrected chi connectivity index (χ0v) is 47.3. The van der Waals surface area contributed by atoms with Crippen LogP contribution in [0.2, 0.25) is 0 Å². The molecule has 2 N–H and O–H groups in total. The summed E-state index contributed by atoms with van der Waals surface area (Å²) in [4.78, 5) is 114. The van der Waals surface area contributed by atoms with Gasteiger partial charge >= 0.3 is 0 Å². The van der Waals surface area contributed by atoms with Crippen LogP contribution in [0, 0.1) is 12.8 Å². The van der Waals surface area contributed by atoms with E-state index in [1.165, 1.54) is 19.3 Å². The standard InChI is InChI=1S/C64H69N7O11/c1-38-24-49-53(67(4)34-46-29-43-14-7-10-18-51(43)70(46)63(49)78)32-56(38)81-36-41-26-42(37-82-58-33-54-50(31-57(58)80-6)64(79)71-47(35-68(54)5)30-44-15-8-11-19-52(44)71)28-45(27-41)66-62(77)39(2)25-55(73)40(3)65-59(74)20-12-9-16-48(72)17-13-23-69-60(75)21-22-61(69)76/h7-8,10-11,14-15,18-19,21-22,24,26-28,31-33,39-40,46-47H,9,12-13,16-17,20,23,25,29-30,34-37H2,1-6H3,(H,65,74)(H,66,77)/t39-,40+,46+,47+/m1/s1. The highest BCUT2D eigenvalue weighted by Gasteiger charge is 2.41. The SMILES string of the molecule is COc1cc2c(cc1OCc1cc(COc3cc4c(cc3C)C(=O)N3c5ccccc5C[C@H]3CN4C)cc(NC(=O)[C@H](C)CC(=O)[C@H](C)NC(=O)CCCCC(=O)CCCN3C(=O)C=CC3=O)c1)N(C)C[C@@H]1Cc3ccccc3N1C2=O. The molecule has 0 aromatic heterocycles. The number of carbonyl (C=O) groups is 8. The number of benzene rings is 5. The fourth-order valence-electron chi connectivity index (χ4n) is 11.9. The molecule has 18 heteroatoms. The van der Waals surface area contributed by atoms with Crippen molar-refractivity contribution in [2.45, 2.75) is 110 Å². The number of ether oxygens (including phenoxy) is 3. The monoisotopic (exact) mass is 1110 g/mol. The number of methoxy groups -OCH3 is 1. The van der Waals surface area contributed by atoms with Crippen molar-refractivity contribution in [1.29, 1.82) is 0 Å². The van der Waals surface area contributed by atoms with Crippen LogP contribution in [0.5, 0.6) is 17.2 Å². The smallest absolute Gasteiger partial charge is 0.260 e. The number of anilines is 5. The number of para-hydroxylation sites is 2. The maximum absolute atomic E-state index is 14.3. The Labute approximate surface area is 477 Å². The van der Waals surface area contributed by atoms with Crippen LogP contribution >= 0.6 is 0 Å². The molecule has 6 amide bonds. The van der Waals surface area contributed by atoms with Crippen molar-refractivity contribution in [2.24, 2.45) is 5.92 Å². The zero-order chi connectivity index (χ0) is 57.9. The number of imide groups is 1. The van der Waals surface area contributed by atoms with E-state index in [2.05, 4.69) is 32.6 Å². The molecule has 0 bridgehead atoms. The summed E-state index contributed by atoms with van der Waals surface area (Å²) in [6, 6.07) is 28.0. The number of Topliss-reactive ketones (excluding diaryl/α,β-unsaturated/α-hetero) is 2. The predicted octanol–water partition coefficient (Wildman–Crippen LogP) is 8.08. The van der Waals surface area contributed by atoms with Crippen LogP contribution in [0.1, 0.15) is 107 Å². The third-order valence-corrected chi connectivity index (χ3v) is 16.2. The van der Waals surface area contributed by atoms with Crippen LogP contribution in [0.3, 0.4) is 0 Å². The number of aryl methyl sites for hydroxylation is 1. The van der Waals surface area contributed by atoms with Crippen molar-refractivity contribution >= 4 is 75.4 Å². The molecule has 426 valence electrons. The van der Waals surface area contributed by atoms with Crippen LogP contribution in [0.4, 0.5) is 28.4 Å². The minimum atomic E-state index is -0.862. The number of nitrogens with zero attached hydrogens (tertiary/aromatic N) is 5. The summed E-state index contributed by atoms with van der Waals surface area (Å²) in [5.74, 6) is -1.45. The van der Waals surface area contributed by atoms with E-state index in [9.17, 15) is 38.4 Å². The third kappa shape index (κ3) is 12.0. The number of hydrogen-bond donors (Lipinski definition) is 2. The van der Waals surface area contributed by atoms with Gasteiger partial charge in [0.1, 0.15) is 24.7 Å². The van der Waals surface area contributed by atoms with Gasteiger partial charge in [0.25, 0.3) is 23.6 Å². The van der Waals surface area contributed by atoms with E-state index >= 15 is 0 Å². The summed E-state index contributed by atoms with van der Waals surface area (Å²) < 4.78 is 19.0. The molecule has 5 aromatic carbocycles. The van der Waals surface area contributed by atoms with Crippen LogP contribution in [0.15, 0.2) is 103 Å². The first kappa shape index (κ1) is 56.5. The van der Waals surface area contributed by atoms with Gasteiger partial charge < -0.3 is 44.4 Å². The summed E-state index contributed by atoms with van der Waals surface area (Å²) in [6.07, 6.45) is 5.63. The van der Waals surface area contributed by atoms with E-state index in [0.29, 0.717) is 83.2 Å². The number of ketones is 2. The first-order valence-electron chi connectivity index (χ1n) is 28.1. The van der Waals surface area contributed by atoms with Crippen molar-refractivity contribution in [3.63, 3.8) is 0 Å². The Morgan fingerprint density at radius 1 is 0.634 bits per heavy atom. The molecule has 0 saturated carbocycles. The Kier molecular flexibility index (Phi) is 16.6. The summed E-state index contributed by atoms with van der Waals surface area (Å²) in [6.45, 7) is 6.67. The van der Waals surface area contributed by atoms with Crippen molar-refractivity contribution in [2.75, 3.05) is 65.8 Å². The van der Waals surface area contributed by atoms with Gasteiger partial charge in [-0.15, -0.1) is 0 Å². The van der Waals surface area contributed by atoms with Crippen LogP contribution in [0.25, 0.3) is 0 Å². The summed E-state index contributed by atoms with van der Waals surface area (Å²) in [5, 5.41) is 5.74. The summed E-state index contributed by atoms with van der Waals surface area (Å²) in [5.41, 5.74) is 9.28. The lowest BCUT2D eigenvalue weighted by atomic mass is 9.99. The molecule has 5 aliphatic rings. The molecule has 0 unspecified atom stereocenters. The largest absolute Gasteiger partial charge is 0.493 e. The van der Waals surface area contributed by atoms with Gasteiger partial charge in [-0.2, -0.15) is 0 Å². The van der Waals surface area contributed by atoms with Gasteiger partial charge in [-0.25, -0.2) is 0 Å². The van der Waals surface area contributed by atoms with Gasteiger partial charge in [-0.05, 0) is 116 Å². The van der Waals surface area contributed by atoms with Crippen molar-refractivity contribution in [1.82, 2.24) is 10.2 Å². The van der Waals surface area contributed by atoms with Crippen molar-refractivity contribution in [3.05, 3.63) is 142 Å². The molecule has 0 spiro atoms. The first-order valence-corrected chi connectivity index (χ1v) is 28.1. The average Bonchev–Trinajstić information content (AvgIpc) is 2.44. The second kappa shape index (κ2) is 24.1. The molecule has 5 heterocycles. The third-order valence-electron chi connectivity index (χ3n) is 16.2. The van der Waals surface area contributed by atoms with Crippen LogP contribution in [-0.4, -0.2) is 111 Å². The molecule has 0 fully saturated rings. The Balaban J connectivity index is 0.810. The lowest BCUT2D eigenvalue weighted by Gasteiger charge is -2.25. The lowest BCUT2D eigenvalue weighted by molar-refractivity contribution is -0.137. The summed E-state index contributed by atoms with van der Waals surface area (Å²) in [7, 11) is 5.49. The number of carbonyl (C=O) groups excluding carboxylic acids is 8. The van der Waals surface area contributed by atoms with E-state index < -0.39 is 17.9 Å². The highest BCUT2D eigenvalue weighted by Crippen LogP contribution is 2.43. The normalized spacial score (nSPS) is 17.5. The molecular weight excluding hydrogens is 1040 g/mol. The molecule has 0 saturated heterocycles. The number of amides is 6. The molecule has 18 nitrogen and oxygen atoms in total. The van der Waals surface area contributed by atoms with Gasteiger partial charge in [-0.3, -0.25) is 43.3 Å². The van der Waals surface area contributed by atoms with Crippen LogP contribution in [-0.2, 0) is 54.8 Å². The second-order valence-corrected chi connectivity index (χ2v) is 22.2. The van der Waals surface area contributed by atoms with E-state index in [1.807, 2.05) is 91.5 Å². The lowest BCUT2D eigenvalue weighted by Crippen LogP contribution is -2.41. The molecule has 0 radical (unpaired) electrons. The van der Waals surface area contributed by atoms with E-state index in [4.69, 9.17) is 14.2 Å². The molecule has 5 aliphatic heterocycles. The maximum atomic E-state index is 14.3. The Morgan fingerprint density at radius 3 is 1.77 bits per heavy atom. The van der Waals surface area contributed by atoms with Gasteiger partial charge in [0, 0.05) is 107 Å². The number of nitrogens with one attached hydrogen (secondary N) is 2.